The van der Waals surface area contributed by atoms with Crippen LogP contribution >= 0.6 is 11.8 Å². The number of aromatic nitrogens is 4. The lowest BCUT2D eigenvalue weighted by molar-refractivity contribution is -0.113. The Morgan fingerprint density at radius 1 is 1.33 bits per heavy atom. The largest absolute Gasteiger partial charge is 0.338 e. The van der Waals surface area contributed by atoms with Crippen LogP contribution in [0.2, 0.25) is 0 Å². The number of anilines is 1. The molecule has 0 bridgehead atoms. The fraction of sp³-hybridized carbons (Fsp3) is 0.294. The SMILES string of the molecule is CC(C)(C)c1cc(NC(=O)CSc2nnc(-c3cccc(F)c3)n2N)on1. The fourth-order valence-corrected chi connectivity index (χ4v) is 2.85. The summed E-state index contributed by atoms with van der Waals surface area (Å²) in [6.07, 6.45) is 0. The number of benzene rings is 1. The molecule has 0 aliphatic heterocycles. The van der Waals surface area contributed by atoms with Crippen LogP contribution in [0, 0.1) is 5.82 Å². The number of amides is 1. The second kappa shape index (κ2) is 7.39. The van der Waals surface area contributed by atoms with Crippen LogP contribution in [0.3, 0.4) is 0 Å². The van der Waals surface area contributed by atoms with Gasteiger partial charge in [-0.05, 0) is 12.1 Å². The average Bonchev–Trinajstić information content (AvgIpc) is 3.20. The van der Waals surface area contributed by atoms with Gasteiger partial charge >= 0.3 is 0 Å². The first-order valence-electron chi connectivity index (χ1n) is 8.10. The number of carbonyl (C=O) groups excluding carboxylic acids is 1. The zero-order chi connectivity index (χ0) is 19.6. The first kappa shape index (κ1) is 18.9. The third-order valence-corrected chi connectivity index (χ3v) is 4.56. The standard InChI is InChI=1S/C17H19FN6O2S/c1-17(2,3)12-8-14(26-23-12)20-13(25)9-27-16-22-21-15(24(16)19)10-5-4-6-11(18)7-10/h4-8H,9,19H2,1-3H3,(H,20,25). The second-order valence-corrected chi connectivity index (χ2v) is 7.79. The van der Waals surface area contributed by atoms with E-state index in [2.05, 4.69) is 20.7 Å². The smallest absolute Gasteiger partial charge is 0.237 e. The van der Waals surface area contributed by atoms with Gasteiger partial charge in [0.05, 0.1) is 11.4 Å². The summed E-state index contributed by atoms with van der Waals surface area (Å²) in [5, 5.41) is 14.8. The van der Waals surface area contributed by atoms with Gasteiger partial charge in [0.25, 0.3) is 0 Å². The van der Waals surface area contributed by atoms with Crippen molar-refractivity contribution in [3.8, 4) is 11.4 Å². The third-order valence-electron chi connectivity index (χ3n) is 3.62. The average molecular weight is 390 g/mol. The minimum Gasteiger partial charge on any atom is -0.338 e. The summed E-state index contributed by atoms with van der Waals surface area (Å²) in [4.78, 5) is 12.1. The molecule has 10 heteroatoms. The minimum absolute atomic E-state index is 0.0457. The number of rotatable bonds is 5. The van der Waals surface area contributed by atoms with Crippen LogP contribution in [0.1, 0.15) is 26.5 Å². The quantitative estimate of drug-likeness (QED) is 0.509. The van der Waals surface area contributed by atoms with E-state index in [0.717, 1.165) is 17.5 Å². The predicted molar refractivity (Wildman–Crippen MR) is 100 cm³/mol. The second-order valence-electron chi connectivity index (χ2n) is 6.85. The van der Waals surface area contributed by atoms with Crippen molar-refractivity contribution >= 4 is 23.6 Å². The molecule has 0 spiro atoms. The molecular weight excluding hydrogens is 371 g/mol. The number of thioether (sulfide) groups is 1. The predicted octanol–water partition coefficient (Wildman–Crippen LogP) is 2.81. The number of nitrogen functional groups attached to an aromatic ring is 1. The number of nitrogens with zero attached hydrogens (tertiary/aromatic N) is 4. The van der Waals surface area contributed by atoms with E-state index in [-0.39, 0.29) is 23.0 Å². The van der Waals surface area contributed by atoms with Crippen LogP contribution in [-0.2, 0) is 10.2 Å². The van der Waals surface area contributed by atoms with Crippen molar-refractivity contribution < 1.29 is 13.7 Å². The fourth-order valence-electron chi connectivity index (χ4n) is 2.19. The molecule has 1 aromatic carbocycles. The Bertz CT molecular complexity index is 962. The van der Waals surface area contributed by atoms with Gasteiger partial charge in [0.2, 0.25) is 16.9 Å². The molecule has 0 aliphatic rings. The molecule has 0 saturated heterocycles. The number of hydrogen-bond donors (Lipinski definition) is 2. The van der Waals surface area contributed by atoms with Crippen molar-refractivity contribution in [3.05, 3.63) is 41.8 Å². The van der Waals surface area contributed by atoms with E-state index in [0.29, 0.717) is 16.5 Å². The lowest BCUT2D eigenvalue weighted by Crippen LogP contribution is -2.16. The van der Waals surface area contributed by atoms with Crippen molar-refractivity contribution in [2.75, 3.05) is 16.9 Å². The zero-order valence-corrected chi connectivity index (χ0v) is 15.9. The maximum atomic E-state index is 13.4. The molecule has 8 nitrogen and oxygen atoms in total. The Kier molecular flexibility index (Phi) is 5.17. The van der Waals surface area contributed by atoms with Crippen LogP contribution in [0.4, 0.5) is 10.3 Å². The number of nitrogens with one attached hydrogen (secondary N) is 1. The van der Waals surface area contributed by atoms with Crippen LogP contribution in [0.5, 0.6) is 0 Å². The molecule has 0 radical (unpaired) electrons. The van der Waals surface area contributed by atoms with Crippen LogP contribution in [0.15, 0.2) is 40.0 Å². The molecule has 0 aliphatic carbocycles. The molecule has 2 heterocycles. The van der Waals surface area contributed by atoms with Crippen LogP contribution in [0.25, 0.3) is 11.4 Å². The lowest BCUT2D eigenvalue weighted by Gasteiger charge is -2.12. The highest BCUT2D eigenvalue weighted by Gasteiger charge is 2.20. The summed E-state index contributed by atoms with van der Waals surface area (Å²) < 4.78 is 19.7. The molecule has 0 atom stereocenters. The highest BCUT2D eigenvalue weighted by Crippen LogP contribution is 2.25. The van der Waals surface area contributed by atoms with Crippen LogP contribution < -0.4 is 11.2 Å². The van der Waals surface area contributed by atoms with Crippen molar-refractivity contribution in [3.63, 3.8) is 0 Å². The highest BCUT2D eigenvalue weighted by molar-refractivity contribution is 7.99. The van der Waals surface area contributed by atoms with Gasteiger partial charge in [0.15, 0.2) is 5.82 Å². The Hall–Kier alpha value is -2.88. The molecule has 0 fully saturated rings. The lowest BCUT2D eigenvalue weighted by atomic mass is 9.92. The first-order chi connectivity index (χ1) is 12.7. The minimum atomic E-state index is -0.397. The summed E-state index contributed by atoms with van der Waals surface area (Å²) in [6, 6.07) is 7.56. The number of nitrogens with two attached hydrogens (primary N) is 1. The molecule has 142 valence electrons. The third kappa shape index (κ3) is 4.45. The van der Waals surface area contributed by atoms with E-state index < -0.39 is 5.82 Å². The summed E-state index contributed by atoms with van der Waals surface area (Å²) in [5.74, 6) is 5.90. The number of halogens is 1. The maximum absolute atomic E-state index is 13.4. The van der Waals surface area contributed by atoms with Crippen LogP contribution in [-0.4, -0.2) is 31.7 Å². The normalized spacial score (nSPS) is 11.6. The molecule has 3 aromatic rings. The Morgan fingerprint density at radius 3 is 2.78 bits per heavy atom. The highest BCUT2D eigenvalue weighted by atomic mass is 32.2. The monoisotopic (exact) mass is 390 g/mol. The molecule has 27 heavy (non-hydrogen) atoms. The molecule has 3 N–H and O–H groups in total. The summed E-state index contributed by atoms with van der Waals surface area (Å²) in [6.45, 7) is 5.99. The molecule has 1 amide bonds. The summed E-state index contributed by atoms with van der Waals surface area (Å²) in [7, 11) is 0. The Labute approximate surface area is 159 Å². The molecule has 2 aromatic heterocycles. The molecule has 0 saturated carbocycles. The summed E-state index contributed by atoms with van der Waals surface area (Å²) >= 11 is 1.10. The van der Waals surface area contributed by atoms with Crippen molar-refractivity contribution in [1.82, 2.24) is 20.0 Å². The summed E-state index contributed by atoms with van der Waals surface area (Å²) in [5.41, 5.74) is 1.06. The van der Waals surface area contributed by atoms with Gasteiger partial charge in [-0.2, -0.15) is 0 Å². The van der Waals surface area contributed by atoms with E-state index in [1.807, 2.05) is 20.8 Å². The van der Waals surface area contributed by atoms with Crippen molar-refractivity contribution in [2.24, 2.45) is 0 Å². The van der Waals surface area contributed by atoms with Gasteiger partial charge in [-0.3, -0.25) is 10.1 Å². The molecule has 0 unspecified atom stereocenters. The van der Waals surface area contributed by atoms with E-state index >= 15 is 0 Å². The maximum Gasteiger partial charge on any atom is 0.237 e. The number of carbonyl (C=O) groups is 1. The van der Waals surface area contributed by atoms with E-state index in [1.165, 1.54) is 16.8 Å². The zero-order valence-electron chi connectivity index (χ0n) is 15.1. The van der Waals surface area contributed by atoms with Gasteiger partial charge in [-0.25, -0.2) is 9.07 Å². The van der Waals surface area contributed by atoms with Gasteiger partial charge in [-0.15, -0.1) is 10.2 Å². The van der Waals surface area contributed by atoms with Crippen molar-refractivity contribution in [2.45, 2.75) is 31.3 Å². The van der Waals surface area contributed by atoms with E-state index in [1.54, 1.807) is 18.2 Å². The van der Waals surface area contributed by atoms with Gasteiger partial charge in [0, 0.05) is 17.0 Å². The molecule has 3 rings (SSSR count). The Balaban J connectivity index is 1.62. The van der Waals surface area contributed by atoms with Crippen molar-refractivity contribution in [1.29, 1.82) is 0 Å². The van der Waals surface area contributed by atoms with Gasteiger partial charge in [0.1, 0.15) is 5.82 Å². The van der Waals surface area contributed by atoms with Gasteiger partial charge < -0.3 is 10.4 Å². The molecular formula is C17H19FN6O2S. The number of hydrogen-bond acceptors (Lipinski definition) is 7. The topological polar surface area (TPSA) is 112 Å². The first-order valence-corrected chi connectivity index (χ1v) is 9.09. The Morgan fingerprint density at radius 2 is 2.11 bits per heavy atom. The van der Waals surface area contributed by atoms with E-state index in [4.69, 9.17) is 10.4 Å². The van der Waals surface area contributed by atoms with Gasteiger partial charge in [-0.1, -0.05) is 49.8 Å². The van der Waals surface area contributed by atoms with E-state index in [9.17, 15) is 9.18 Å².